The molecule has 1 heterocycles. The molecule has 1 aliphatic carbocycles. The standard InChI is InChI=1S/C13H20N2O4S2/c16-11(17)6-10(12(18)19)14-7-15(13(20)21-8-14)9-4-2-1-3-5-9/h9-10H,1-8H2,(H,16,17)(H,18,19). The van der Waals surface area contributed by atoms with Crippen LogP contribution in [0.5, 0.6) is 0 Å². The van der Waals surface area contributed by atoms with E-state index in [0.717, 1.165) is 17.2 Å². The van der Waals surface area contributed by atoms with Gasteiger partial charge in [0.1, 0.15) is 10.4 Å². The van der Waals surface area contributed by atoms with E-state index in [0.29, 0.717) is 18.6 Å². The number of aliphatic carboxylic acids is 2. The highest BCUT2D eigenvalue weighted by Gasteiger charge is 2.35. The molecule has 0 aromatic carbocycles. The molecule has 2 N–H and O–H groups in total. The van der Waals surface area contributed by atoms with Gasteiger partial charge in [0.25, 0.3) is 0 Å². The minimum absolute atomic E-state index is 0.362. The van der Waals surface area contributed by atoms with Crippen LogP contribution in [0.2, 0.25) is 0 Å². The molecule has 1 saturated carbocycles. The highest BCUT2D eigenvalue weighted by atomic mass is 32.2. The average molecular weight is 332 g/mol. The number of thiocarbonyl (C=S) groups is 1. The van der Waals surface area contributed by atoms with Crippen molar-refractivity contribution in [1.29, 1.82) is 0 Å². The van der Waals surface area contributed by atoms with Crippen LogP contribution in [0.3, 0.4) is 0 Å². The fourth-order valence-electron chi connectivity index (χ4n) is 2.90. The Bertz CT molecular complexity index is 426. The predicted molar refractivity (Wildman–Crippen MR) is 84.2 cm³/mol. The molecule has 0 bridgehead atoms. The maximum absolute atomic E-state index is 11.3. The van der Waals surface area contributed by atoms with E-state index in [9.17, 15) is 14.7 Å². The van der Waals surface area contributed by atoms with E-state index in [2.05, 4.69) is 4.90 Å². The zero-order valence-corrected chi connectivity index (χ0v) is 13.4. The minimum atomic E-state index is -1.09. The van der Waals surface area contributed by atoms with Crippen molar-refractivity contribution in [2.75, 3.05) is 12.5 Å². The number of thioether (sulfide) groups is 1. The van der Waals surface area contributed by atoms with E-state index in [4.69, 9.17) is 17.3 Å². The third kappa shape index (κ3) is 4.31. The van der Waals surface area contributed by atoms with Crippen molar-refractivity contribution < 1.29 is 19.8 Å². The normalized spacial score (nSPS) is 23.0. The summed E-state index contributed by atoms with van der Waals surface area (Å²) in [6, 6.07) is -0.634. The second-order valence-corrected chi connectivity index (χ2v) is 7.06. The van der Waals surface area contributed by atoms with Crippen LogP contribution in [-0.4, -0.2) is 60.9 Å². The Kier molecular flexibility index (Phi) is 5.83. The first kappa shape index (κ1) is 16.5. The second kappa shape index (κ2) is 7.42. The summed E-state index contributed by atoms with van der Waals surface area (Å²) in [5.74, 6) is -1.74. The van der Waals surface area contributed by atoms with Crippen LogP contribution in [0.15, 0.2) is 0 Å². The molecule has 1 saturated heterocycles. The van der Waals surface area contributed by atoms with Crippen LogP contribution in [-0.2, 0) is 9.59 Å². The van der Waals surface area contributed by atoms with E-state index in [1.165, 1.54) is 31.0 Å². The number of carbonyl (C=O) groups is 2. The number of hydrogen-bond donors (Lipinski definition) is 2. The lowest BCUT2D eigenvalue weighted by atomic mass is 9.95. The number of carboxylic acids is 2. The highest BCUT2D eigenvalue weighted by molar-refractivity contribution is 8.22. The van der Waals surface area contributed by atoms with Gasteiger partial charge in [-0.15, -0.1) is 0 Å². The molecule has 2 aliphatic rings. The first-order valence-electron chi connectivity index (χ1n) is 7.11. The van der Waals surface area contributed by atoms with E-state index >= 15 is 0 Å². The molecule has 0 spiro atoms. The molecule has 2 fully saturated rings. The largest absolute Gasteiger partial charge is 0.481 e. The van der Waals surface area contributed by atoms with Gasteiger partial charge in [-0.1, -0.05) is 43.2 Å². The molecule has 8 heteroatoms. The molecule has 1 aliphatic heterocycles. The SMILES string of the molecule is O=C(O)CC(C(=O)O)N1CSC(=S)N(C2CCCCC2)C1. The summed E-state index contributed by atoms with van der Waals surface area (Å²) in [5, 5.41) is 18.2. The molecule has 118 valence electrons. The first-order chi connectivity index (χ1) is 9.99. The minimum Gasteiger partial charge on any atom is -0.481 e. The molecule has 0 radical (unpaired) electrons. The average Bonchev–Trinajstić information content (AvgIpc) is 2.46. The van der Waals surface area contributed by atoms with Crippen molar-refractivity contribution in [2.24, 2.45) is 0 Å². The Morgan fingerprint density at radius 1 is 1.29 bits per heavy atom. The van der Waals surface area contributed by atoms with E-state index in [1.54, 1.807) is 4.90 Å². The molecule has 0 amide bonds. The predicted octanol–water partition coefficient (Wildman–Crippen LogP) is 1.80. The summed E-state index contributed by atoms with van der Waals surface area (Å²) in [6.07, 6.45) is 5.35. The molecular formula is C13H20N2O4S2. The highest BCUT2D eigenvalue weighted by Crippen LogP contribution is 2.29. The lowest BCUT2D eigenvalue weighted by Gasteiger charge is -2.44. The molecule has 6 nitrogen and oxygen atoms in total. The summed E-state index contributed by atoms with van der Waals surface area (Å²) in [4.78, 5) is 26.0. The number of nitrogens with zero attached hydrogens (tertiary/aromatic N) is 2. The topological polar surface area (TPSA) is 81.1 Å². The van der Waals surface area contributed by atoms with Gasteiger partial charge in [-0.25, -0.2) is 0 Å². The van der Waals surface area contributed by atoms with Crippen LogP contribution < -0.4 is 0 Å². The smallest absolute Gasteiger partial charge is 0.321 e. The molecule has 0 aromatic rings. The second-order valence-electron chi connectivity index (χ2n) is 5.48. The van der Waals surface area contributed by atoms with Gasteiger partial charge in [0.15, 0.2) is 0 Å². The van der Waals surface area contributed by atoms with Crippen LogP contribution in [0.25, 0.3) is 0 Å². The van der Waals surface area contributed by atoms with Crippen molar-refractivity contribution in [3.05, 3.63) is 0 Å². The lowest BCUT2D eigenvalue weighted by molar-refractivity contribution is -0.150. The van der Waals surface area contributed by atoms with Gasteiger partial charge in [0, 0.05) is 6.04 Å². The molecule has 21 heavy (non-hydrogen) atoms. The summed E-state index contributed by atoms with van der Waals surface area (Å²) in [6.45, 7) is 0.417. The first-order valence-corrected chi connectivity index (χ1v) is 8.50. The van der Waals surface area contributed by atoms with Crippen molar-refractivity contribution in [3.63, 3.8) is 0 Å². The number of hydrogen-bond acceptors (Lipinski definition) is 5. The molecule has 0 aromatic heterocycles. The summed E-state index contributed by atoms with van der Waals surface area (Å²) < 4.78 is 0.803. The Morgan fingerprint density at radius 2 is 1.95 bits per heavy atom. The van der Waals surface area contributed by atoms with Crippen LogP contribution in [0.4, 0.5) is 0 Å². The quantitative estimate of drug-likeness (QED) is 0.738. The van der Waals surface area contributed by atoms with Gasteiger partial charge in [0.05, 0.1) is 19.0 Å². The molecule has 2 rings (SSSR count). The van der Waals surface area contributed by atoms with Crippen LogP contribution in [0.1, 0.15) is 38.5 Å². The zero-order valence-electron chi connectivity index (χ0n) is 11.7. The monoisotopic (exact) mass is 332 g/mol. The summed E-state index contributed by atoms with van der Waals surface area (Å²) in [5.41, 5.74) is 0. The van der Waals surface area contributed by atoms with Gasteiger partial charge in [-0.2, -0.15) is 0 Å². The summed E-state index contributed by atoms with van der Waals surface area (Å²) in [7, 11) is 0. The van der Waals surface area contributed by atoms with E-state index < -0.39 is 18.0 Å². The third-order valence-electron chi connectivity index (χ3n) is 4.03. The Hall–Kier alpha value is -0.860. The van der Waals surface area contributed by atoms with Crippen molar-refractivity contribution >= 4 is 40.2 Å². The molecule has 1 unspecified atom stereocenters. The van der Waals surface area contributed by atoms with Crippen LogP contribution >= 0.6 is 24.0 Å². The van der Waals surface area contributed by atoms with Crippen molar-refractivity contribution in [1.82, 2.24) is 9.80 Å². The Balaban J connectivity index is 2.05. The number of carboxylic acid groups (broad SMARTS) is 2. The van der Waals surface area contributed by atoms with E-state index in [1.807, 2.05) is 0 Å². The van der Waals surface area contributed by atoms with Gasteiger partial charge in [-0.3, -0.25) is 14.5 Å². The fourth-order valence-corrected chi connectivity index (χ4v) is 4.17. The Morgan fingerprint density at radius 3 is 2.52 bits per heavy atom. The van der Waals surface area contributed by atoms with Crippen LogP contribution in [0, 0.1) is 0 Å². The van der Waals surface area contributed by atoms with Gasteiger partial charge >= 0.3 is 11.9 Å². The fraction of sp³-hybridized carbons (Fsp3) is 0.769. The van der Waals surface area contributed by atoms with Gasteiger partial charge < -0.3 is 15.1 Å². The molecular weight excluding hydrogens is 312 g/mol. The van der Waals surface area contributed by atoms with Gasteiger partial charge in [-0.05, 0) is 12.8 Å². The third-order valence-corrected chi connectivity index (χ3v) is 5.56. The van der Waals surface area contributed by atoms with Crippen molar-refractivity contribution in [2.45, 2.75) is 50.6 Å². The molecule has 1 atom stereocenters. The van der Waals surface area contributed by atoms with E-state index in [-0.39, 0.29) is 6.42 Å². The maximum Gasteiger partial charge on any atom is 0.321 e. The summed E-state index contributed by atoms with van der Waals surface area (Å²) >= 11 is 6.83. The lowest BCUT2D eigenvalue weighted by Crippen LogP contribution is -2.55. The number of rotatable bonds is 5. The van der Waals surface area contributed by atoms with Gasteiger partial charge in [0.2, 0.25) is 0 Å². The maximum atomic E-state index is 11.3. The Labute approximate surface area is 133 Å². The zero-order chi connectivity index (χ0) is 15.4. The van der Waals surface area contributed by atoms with Crippen molar-refractivity contribution in [3.8, 4) is 0 Å².